The highest BCUT2D eigenvalue weighted by Gasteiger charge is 2.38. The topological polar surface area (TPSA) is 56.4 Å². The van der Waals surface area contributed by atoms with Crippen LogP contribution in [0.25, 0.3) is 0 Å². The molecule has 2 aliphatic rings. The van der Waals surface area contributed by atoms with Crippen molar-refractivity contribution in [2.45, 2.75) is 31.9 Å². The summed E-state index contributed by atoms with van der Waals surface area (Å²) in [5.41, 5.74) is 1.14. The van der Waals surface area contributed by atoms with Crippen LogP contribution in [0, 0.1) is 12.7 Å². The third-order valence-corrected chi connectivity index (χ3v) is 6.05. The summed E-state index contributed by atoms with van der Waals surface area (Å²) in [7, 11) is 0. The second-order valence-corrected chi connectivity index (χ2v) is 8.34. The first-order valence-corrected chi connectivity index (χ1v) is 10.4. The molecule has 1 N–H and O–H groups in total. The van der Waals surface area contributed by atoms with Crippen LogP contribution in [0.1, 0.15) is 45.9 Å². The summed E-state index contributed by atoms with van der Waals surface area (Å²) in [5.74, 6) is -0.794. The quantitative estimate of drug-likeness (QED) is 0.531. The zero-order valence-electron chi connectivity index (χ0n) is 17.5. The van der Waals surface area contributed by atoms with Crippen molar-refractivity contribution in [3.63, 3.8) is 0 Å². The highest BCUT2D eigenvalue weighted by Crippen LogP contribution is 2.48. The molecule has 0 bridgehead atoms. The van der Waals surface area contributed by atoms with E-state index in [0.29, 0.717) is 22.6 Å². The normalized spacial score (nSPS) is 16.2. The number of alkyl halides is 3. The molecule has 1 amide bonds. The Kier molecular flexibility index (Phi) is 4.81. The van der Waals surface area contributed by atoms with Gasteiger partial charge < -0.3 is 9.88 Å². The minimum absolute atomic E-state index is 0.0888. The predicted octanol–water partition coefficient (Wildman–Crippen LogP) is 5.47. The maximum absolute atomic E-state index is 14.0. The lowest BCUT2D eigenvalue weighted by atomic mass is 10.0. The Morgan fingerprint density at radius 3 is 2.30 bits per heavy atom. The molecule has 0 radical (unpaired) electrons. The Balaban J connectivity index is 1.71. The molecule has 1 aromatic heterocycles. The van der Waals surface area contributed by atoms with Gasteiger partial charge in [0.05, 0.1) is 22.5 Å². The van der Waals surface area contributed by atoms with Gasteiger partial charge in [-0.15, -0.1) is 0 Å². The summed E-state index contributed by atoms with van der Waals surface area (Å²) >= 11 is 0. The van der Waals surface area contributed by atoms with Gasteiger partial charge in [0.25, 0.3) is 5.91 Å². The number of amides is 1. The fourth-order valence-corrected chi connectivity index (χ4v) is 4.29. The zero-order chi connectivity index (χ0) is 23.5. The van der Waals surface area contributed by atoms with E-state index < -0.39 is 23.5 Å². The Bertz CT molecular complexity index is 1330. The number of hydrogen-bond donors (Lipinski definition) is 1. The molecule has 9 heteroatoms. The number of rotatable bonds is 3. The van der Waals surface area contributed by atoms with Crippen molar-refractivity contribution in [3.8, 4) is 0 Å². The standard InChI is InChI=1S/C24H19F4N3O2/c1-13-19(8-9-22(32)29-13)31-12-30(20-7-5-16(25)11-18(20)14-2-3-14)21-10-15(24(26,27)28)4-6-17(21)23(31)33/h4-11,14H,2-3,12H2,1H3,(H,29,32). The Hall–Kier alpha value is -3.62. The fourth-order valence-electron chi connectivity index (χ4n) is 4.29. The largest absolute Gasteiger partial charge is 0.416 e. The fraction of sp³-hybridized carbons (Fsp3) is 0.250. The number of anilines is 3. The molecular weight excluding hydrogens is 438 g/mol. The van der Waals surface area contributed by atoms with Crippen molar-refractivity contribution in [1.82, 2.24) is 4.98 Å². The van der Waals surface area contributed by atoms with Crippen LogP contribution in [0.4, 0.5) is 34.6 Å². The first-order valence-electron chi connectivity index (χ1n) is 10.4. The average Bonchev–Trinajstić information content (AvgIpc) is 3.59. The smallest absolute Gasteiger partial charge is 0.324 e. The SMILES string of the molecule is Cc1[nH]c(=O)ccc1N1CN(c2ccc(F)cc2C2CC2)c2cc(C(F)(F)F)ccc2C1=O. The second kappa shape index (κ2) is 7.47. The molecule has 2 aromatic carbocycles. The van der Waals surface area contributed by atoms with Crippen molar-refractivity contribution in [2.75, 3.05) is 16.5 Å². The predicted molar refractivity (Wildman–Crippen MR) is 115 cm³/mol. The molecule has 0 spiro atoms. The number of hydrogen-bond acceptors (Lipinski definition) is 3. The molecular formula is C24H19F4N3O2. The summed E-state index contributed by atoms with van der Waals surface area (Å²) in [6.45, 7) is 1.55. The first kappa shape index (κ1) is 21.2. The molecule has 5 rings (SSSR count). The molecule has 1 aliphatic heterocycles. The van der Waals surface area contributed by atoms with Crippen LogP contribution >= 0.6 is 0 Å². The number of pyridine rings is 1. The Morgan fingerprint density at radius 1 is 0.909 bits per heavy atom. The van der Waals surface area contributed by atoms with Gasteiger partial charge in [0.2, 0.25) is 5.56 Å². The molecule has 0 unspecified atom stereocenters. The van der Waals surface area contributed by atoms with E-state index in [0.717, 1.165) is 25.0 Å². The van der Waals surface area contributed by atoms with Crippen LogP contribution < -0.4 is 15.4 Å². The Morgan fingerprint density at radius 2 is 1.64 bits per heavy atom. The minimum Gasteiger partial charge on any atom is -0.324 e. The van der Waals surface area contributed by atoms with Crippen LogP contribution in [0.3, 0.4) is 0 Å². The number of aromatic amines is 1. The molecule has 1 aliphatic carbocycles. The molecule has 1 saturated carbocycles. The van der Waals surface area contributed by atoms with Gasteiger partial charge in [0.15, 0.2) is 0 Å². The Labute approximate surface area is 186 Å². The van der Waals surface area contributed by atoms with E-state index in [1.54, 1.807) is 17.9 Å². The minimum atomic E-state index is -4.58. The van der Waals surface area contributed by atoms with Gasteiger partial charge in [0.1, 0.15) is 12.5 Å². The zero-order valence-corrected chi connectivity index (χ0v) is 17.5. The van der Waals surface area contributed by atoms with Crippen LogP contribution in [0.15, 0.2) is 53.3 Å². The number of benzene rings is 2. The molecule has 0 saturated heterocycles. The lowest BCUT2D eigenvalue weighted by molar-refractivity contribution is -0.137. The number of H-pyrrole nitrogens is 1. The third kappa shape index (κ3) is 3.77. The summed E-state index contributed by atoms with van der Waals surface area (Å²) < 4.78 is 54.5. The van der Waals surface area contributed by atoms with Crippen LogP contribution in [-0.2, 0) is 6.18 Å². The number of aromatic nitrogens is 1. The summed E-state index contributed by atoms with van der Waals surface area (Å²) in [6.07, 6.45) is -2.86. The lowest BCUT2D eigenvalue weighted by Crippen LogP contribution is -2.46. The van der Waals surface area contributed by atoms with Crippen molar-refractivity contribution in [2.24, 2.45) is 0 Å². The van der Waals surface area contributed by atoms with Crippen LogP contribution in [0.5, 0.6) is 0 Å². The van der Waals surface area contributed by atoms with Crippen LogP contribution in [-0.4, -0.2) is 17.6 Å². The number of carbonyl (C=O) groups is 1. The molecule has 33 heavy (non-hydrogen) atoms. The van der Waals surface area contributed by atoms with E-state index in [1.165, 1.54) is 35.2 Å². The van der Waals surface area contributed by atoms with Gasteiger partial charge in [-0.2, -0.15) is 13.2 Å². The summed E-state index contributed by atoms with van der Waals surface area (Å²) in [5, 5.41) is 0. The first-order chi connectivity index (χ1) is 15.6. The average molecular weight is 457 g/mol. The monoisotopic (exact) mass is 457 g/mol. The van der Waals surface area contributed by atoms with Crippen molar-refractivity contribution < 1.29 is 22.4 Å². The number of fused-ring (bicyclic) bond motifs is 1. The molecule has 2 heterocycles. The van der Waals surface area contributed by atoms with Gasteiger partial charge >= 0.3 is 6.18 Å². The molecule has 170 valence electrons. The van der Waals surface area contributed by atoms with E-state index in [2.05, 4.69) is 4.98 Å². The van der Waals surface area contributed by atoms with E-state index in [4.69, 9.17) is 0 Å². The summed E-state index contributed by atoms with van der Waals surface area (Å²) in [4.78, 5) is 30.7. The number of carbonyl (C=O) groups excluding carboxylic acids is 1. The summed E-state index contributed by atoms with van der Waals surface area (Å²) in [6, 6.07) is 10.0. The molecule has 3 aromatic rings. The second-order valence-electron chi connectivity index (χ2n) is 8.34. The van der Waals surface area contributed by atoms with Crippen molar-refractivity contribution in [1.29, 1.82) is 0 Å². The molecule has 0 atom stereocenters. The van der Waals surface area contributed by atoms with E-state index >= 15 is 0 Å². The van der Waals surface area contributed by atoms with Crippen molar-refractivity contribution >= 4 is 23.0 Å². The number of aryl methyl sites for hydroxylation is 1. The van der Waals surface area contributed by atoms with Crippen LogP contribution in [0.2, 0.25) is 0 Å². The maximum atomic E-state index is 14.0. The van der Waals surface area contributed by atoms with Gasteiger partial charge in [-0.25, -0.2) is 4.39 Å². The number of halogens is 4. The van der Waals surface area contributed by atoms with E-state index in [-0.39, 0.29) is 29.4 Å². The lowest BCUT2D eigenvalue weighted by Gasteiger charge is -2.39. The van der Waals surface area contributed by atoms with E-state index in [1.807, 2.05) is 0 Å². The highest BCUT2D eigenvalue weighted by molar-refractivity contribution is 6.13. The van der Waals surface area contributed by atoms with E-state index in [9.17, 15) is 27.2 Å². The highest BCUT2D eigenvalue weighted by atomic mass is 19.4. The maximum Gasteiger partial charge on any atom is 0.416 e. The third-order valence-electron chi connectivity index (χ3n) is 6.05. The molecule has 5 nitrogen and oxygen atoms in total. The van der Waals surface area contributed by atoms with Gasteiger partial charge in [-0.1, -0.05) is 0 Å². The van der Waals surface area contributed by atoms with Crippen molar-refractivity contribution in [3.05, 3.63) is 87.1 Å². The van der Waals surface area contributed by atoms with Gasteiger partial charge in [0, 0.05) is 17.4 Å². The number of nitrogens with one attached hydrogen (secondary N) is 1. The van der Waals surface area contributed by atoms with Gasteiger partial charge in [-0.3, -0.25) is 14.5 Å². The van der Waals surface area contributed by atoms with Gasteiger partial charge in [-0.05, 0) is 73.7 Å². The molecule has 1 fully saturated rings. The number of nitrogens with zero attached hydrogens (tertiary/aromatic N) is 2.